The van der Waals surface area contributed by atoms with Gasteiger partial charge in [0.15, 0.2) is 0 Å². The first-order chi connectivity index (χ1) is 8.60. The summed E-state index contributed by atoms with van der Waals surface area (Å²) in [7, 11) is -3.13. The number of nitrogens with one attached hydrogen (secondary N) is 2. The van der Waals surface area contributed by atoms with Crippen LogP contribution in [0.4, 0.5) is 4.79 Å². The molecule has 0 radical (unpaired) electrons. The van der Waals surface area contributed by atoms with Crippen LogP contribution in [-0.4, -0.2) is 50.1 Å². The minimum absolute atomic E-state index is 0.0482. The number of sulfone groups is 1. The lowest BCUT2D eigenvalue weighted by Gasteiger charge is -2.15. The maximum Gasteiger partial charge on any atom is 0.315 e. The zero-order valence-electron chi connectivity index (χ0n) is 11.5. The van der Waals surface area contributed by atoms with Crippen molar-refractivity contribution in [3.63, 3.8) is 0 Å². The van der Waals surface area contributed by atoms with Gasteiger partial charge in [-0.05, 0) is 19.3 Å². The monoisotopic (exact) mass is 294 g/mol. The third-order valence-electron chi connectivity index (χ3n) is 2.39. The molecule has 0 aliphatic carbocycles. The van der Waals surface area contributed by atoms with Crippen LogP contribution in [0.3, 0.4) is 0 Å². The number of aliphatic carboxylic acids is 1. The molecule has 0 heterocycles. The Morgan fingerprint density at radius 3 is 2.32 bits per heavy atom. The number of amides is 2. The van der Waals surface area contributed by atoms with Gasteiger partial charge in [0.2, 0.25) is 0 Å². The van der Waals surface area contributed by atoms with Crippen LogP contribution in [0.1, 0.15) is 26.7 Å². The van der Waals surface area contributed by atoms with Crippen molar-refractivity contribution in [2.24, 2.45) is 5.92 Å². The second-order valence-corrected chi connectivity index (χ2v) is 7.07. The fourth-order valence-electron chi connectivity index (χ4n) is 1.51. The Balaban J connectivity index is 3.89. The van der Waals surface area contributed by atoms with Gasteiger partial charge in [0, 0.05) is 25.3 Å². The molecule has 0 fully saturated rings. The maximum atomic E-state index is 11.4. The molecule has 112 valence electrons. The molecule has 0 aromatic heterocycles. The van der Waals surface area contributed by atoms with E-state index in [4.69, 9.17) is 5.11 Å². The summed E-state index contributed by atoms with van der Waals surface area (Å²) in [4.78, 5) is 21.8. The normalized spacial score (nSPS) is 14.5. The summed E-state index contributed by atoms with van der Waals surface area (Å²) in [5, 5.41) is 13.6. The summed E-state index contributed by atoms with van der Waals surface area (Å²) < 4.78 is 22.0. The molecule has 0 bridgehead atoms. The van der Waals surface area contributed by atoms with E-state index in [0.717, 1.165) is 6.26 Å². The maximum absolute atomic E-state index is 11.4. The van der Waals surface area contributed by atoms with Crippen molar-refractivity contribution in [3.05, 3.63) is 0 Å². The van der Waals surface area contributed by atoms with Crippen molar-refractivity contribution in [1.29, 1.82) is 0 Å². The molecule has 0 aliphatic heterocycles. The van der Waals surface area contributed by atoms with E-state index in [9.17, 15) is 18.0 Å². The molecular formula is C11H22N2O5S. The Labute approximate surface area is 113 Å². The number of hydrogen-bond acceptors (Lipinski definition) is 4. The third-order valence-corrected chi connectivity index (χ3v) is 3.50. The molecule has 8 heteroatoms. The number of urea groups is 1. The highest BCUT2D eigenvalue weighted by molar-refractivity contribution is 7.90. The molecule has 0 saturated carbocycles. The topological polar surface area (TPSA) is 113 Å². The summed E-state index contributed by atoms with van der Waals surface area (Å²) in [6, 6.07) is -0.914. The van der Waals surface area contributed by atoms with E-state index in [-0.39, 0.29) is 18.1 Å². The number of rotatable bonds is 8. The van der Waals surface area contributed by atoms with Crippen molar-refractivity contribution >= 4 is 21.8 Å². The van der Waals surface area contributed by atoms with Crippen LogP contribution in [-0.2, 0) is 14.6 Å². The Morgan fingerprint density at radius 2 is 1.84 bits per heavy atom. The summed E-state index contributed by atoms with van der Waals surface area (Å²) in [5.74, 6) is -0.931. The number of carboxylic acids is 1. The van der Waals surface area contributed by atoms with Gasteiger partial charge in [0.1, 0.15) is 9.84 Å². The Hall–Kier alpha value is -1.31. The standard InChI is InChI=1S/C11H22N2O5S/c1-8(4-5-10(14)15)6-12-11(16)13-9(2)7-19(3,17)18/h8-9H,4-7H2,1-3H3,(H,14,15)(H2,12,13,16). The van der Waals surface area contributed by atoms with E-state index in [1.165, 1.54) is 0 Å². The first-order valence-electron chi connectivity index (χ1n) is 6.04. The zero-order valence-corrected chi connectivity index (χ0v) is 12.3. The first kappa shape index (κ1) is 17.7. The van der Waals surface area contributed by atoms with Gasteiger partial charge in [-0.1, -0.05) is 6.92 Å². The van der Waals surface area contributed by atoms with Crippen LogP contribution in [0.15, 0.2) is 0 Å². The molecule has 0 rings (SSSR count). The van der Waals surface area contributed by atoms with Crippen LogP contribution < -0.4 is 10.6 Å². The quantitative estimate of drug-likeness (QED) is 0.593. The van der Waals surface area contributed by atoms with Crippen LogP contribution in [0.2, 0.25) is 0 Å². The van der Waals surface area contributed by atoms with E-state index in [0.29, 0.717) is 13.0 Å². The Morgan fingerprint density at radius 1 is 1.26 bits per heavy atom. The smallest absolute Gasteiger partial charge is 0.315 e. The molecule has 0 aromatic carbocycles. The third kappa shape index (κ3) is 11.5. The Bertz CT molecular complexity index is 407. The molecule has 2 amide bonds. The van der Waals surface area contributed by atoms with Crippen LogP contribution >= 0.6 is 0 Å². The average Bonchev–Trinajstić information content (AvgIpc) is 2.20. The second kappa shape index (κ2) is 7.98. The molecule has 7 nitrogen and oxygen atoms in total. The van der Waals surface area contributed by atoms with Crippen LogP contribution in [0.5, 0.6) is 0 Å². The minimum atomic E-state index is -3.13. The highest BCUT2D eigenvalue weighted by Crippen LogP contribution is 2.03. The predicted molar refractivity (Wildman–Crippen MR) is 71.7 cm³/mol. The molecule has 0 saturated heterocycles. The first-order valence-corrected chi connectivity index (χ1v) is 8.10. The van der Waals surface area contributed by atoms with Gasteiger partial charge in [0.25, 0.3) is 0 Å². The molecule has 2 atom stereocenters. The average molecular weight is 294 g/mol. The fourth-order valence-corrected chi connectivity index (χ4v) is 2.50. The lowest BCUT2D eigenvalue weighted by Crippen LogP contribution is -2.44. The molecular weight excluding hydrogens is 272 g/mol. The second-order valence-electron chi connectivity index (χ2n) is 4.89. The van der Waals surface area contributed by atoms with Crippen molar-refractivity contribution < 1.29 is 23.1 Å². The highest BCUT2D eigenvalue weighted by atomic mass is 32.2. The predicted octanol–water partition coefficient (Wildman–Crippen LogP) is 0.220. The van der Waals surface area contributed by atoms with Crippen molar-refractivity contribution in [2.75, 3.05) is 18.6 Å². The van der Waals surface area contributed by atoms with Gasteiger partial charge in [-0.2, -0.15) is 0 Å². The molecule has 0 spiro atoms. The fraction of sp³-hybridized carbons (Fsp3) is 0.818. The number of carboxylic acid groups (broad SMARTS) is 1. The summed E-state index contributed by atoms with van der Waals surface area (Å²) in [6.45, 7) is 3.79. The minimum Gasteiger partial charge on any atom is -0.481 e. The summed E-state index contributed by atoms with van der Waals surface area (Å²) in [5.41, 5.74) is 0. The lowest BCUT2D eigenvalue weighted by atomic mass is 10.1. The summed E-state index contributed by atoms with van der Waals surface area (Å²) >= 11 is 0. The van der Waals surface area contributed by atoms with Crippen molar-refractivity contribution in [2.45, 2.75) is 32.7 Å². The molecule has 3 N–H and O–H groups in total. The molecule has 0 aliphatic rings. The van der Waals surface area contributed by atoms with Crippen LogP contribution in [0, 0.1) is 5.92 Å². The largest absolute Gasteiger partial charge is 0.481 e. The number of carbonyl (C=O) groups is 2. The molecule has 19 heavy (non-hydrogen) atoms. The van der Waals surface area contributed by atoms with Gasteiger partial charge in [-0.15, -0.1) is 0 Å². The van der Waals surface area contributed by atoms with E-state index in [1.807, 2.05) is 6.92 Å². The number of carbonyl (C=O) groups excluding carboxylic acids is 1. The van der Waals surface area contributed by atoms with E-state index >= 15 is 0 Å². The zero-order chi connectivity index (χ0) is 15.1. The molecule has 0 aromatic rings. The lowest BCUT2D eigenvalue weighted by molar-refractivity contribution is -0.137. The van der Waals surface area contributed by atoms with E-state index < -0.39 is 27.9 Å². The van der Waals surface area contributed by atoms with Crippen molar-refractivity contribution in [1.82, 2.24) is 10.6 Å². The Kier molecular flexibility index (Phi) is 7.43. The number of hydrogen-bond donors (Lipinski definition) is 3. The van der Waals surface area contributed by atoms with Gasteiger partial charge in [0.05, 0.1) is 5.75 Å². The summed E-state index contributed by atoms with van der Waals surface area (Å²) in [6.07, 6.45) is 1.65. The van der Waals surface area contributed by atoms with Crippen molar-refractivity contribution in [3.8, 4) is 0 Å². The molecule has 2 unspecified atom stereocenters. The highest BCUT2D eigenvalue weighted by Gasteiger charge is 2.13. The van der Waals surface area contributed by atoms with Gasteiger partial charge >= 0.3 is 12.0 Å². The van der Waals surface area contributed by atoms with Gasteiger partial charge in [-0.25, -0.2) is 13.2 Å². The van der Waals surface area contributed by atoms with Gasteiger partial charge in [-0.3, -0.25) is 4.79 Å². The van der Waals surface area contributed by atoms with E-state index in [1.54, 1.807) is 6.92 Å². The van der Waals surface area contributed by atoms with Crippen LogP contribution in [0.25, 0.3) is 0 Å². The SMILES string of the molecule is CC(CCC(=O)O)CNC(=O)NC(C)CS(C)(=O)=O. The van der Waals surface area contributed by atoms with Gasteiger partial charge < -0.3 is 15.7 Å². The van der Waals surface area contributed by atoms with E-state index in [2.05, 4.69) is 10.6 Å².